The van der Waals surface area contributed by atoms with Crippen LogP contribution in [0, 0.1) is 5.92 Å². The van der Waals surface area contributed by atoms with Crippen molar-refractivity contribution >= 4 is 5.91 Å². The van der Waals surface area contributed by atoms with Gasteiger partial charge in [-0.25, -0.2) is 0 Å². The minimum Gasteiger partial charge on any atom is -0.506 e. The van der Waals surface area contributed by atoms with Gasteiger partial charge in [0.05, 0.1) is 23.0 Å². The van der Waals surface area contributed by atoms with Crippen LogP contribution >= 0.6 is 0 Å². The number of aromatic hydroxyl groups is 1. The number of fused-ring (bicyclic) bond motifs is 1. The van der Waals surface area contributed by atoms with Gasteiger partial charge >= 0.3 is 0 Å². The Kier molecular flexibility index (Phi) is 3.63. The lowest BCUT2D eigenvalue weighted by Crippen LogP contribution is -2.58. The highest BCUT2D eigenvalue weighted by atomic mass is 16.5. The molecular formula is C17H24N2O3. The summed E-state index contributed by atoms with van der Waals surface area (Å²) in [4.78, 5) is 18.3. The van der Waals surface area contributed by atoms with Crippen molar-refractivity contribution in [1.82, 2.24) is 9.88 Å². The molecule has 1 amide bonds. The summed E-state index contributed by atoms with van der Waals surface area (Å²) in [6, 6.07) is 1.48. The summed E-state index contributed by atoms with van der Waals surface area (Å²) in [5.74, 6) is 0.328. The Labute approximate surface area is 131 Å². The van der Waals surface area contributed by atoms with Crippen molar-refractivity contribution in [2.75, 3.05) is 13.1 Å². The van der Waals surface area contributed by atoms with Gasteiger partial charge in [0, 0.05) is 25.2 Å². The summed E-state index contributed by atoms with van der Waals surface area (Å²) in [7, 11) is 0. The van der Waals surface area contributed by atoms with E-state index in [1.807, 2.05) is 4.90 Å². The van der Waals surface area contributed by atoms with Crippen molar-refractivity contribution in [2.24, 2.45) is 5.92 Å². The predicted molar refractivity (Wildman–Crippen MR) is 82.7 cm³/mol. The van der Waals surface area contributed by atoms with E-state index in [1.54, 1.807) is 0 Å². The fourth-order valence-electron chi connectivity index (χ4n) is 3.76. The normalized spacial score (nSPS) is 30.7. The number of piperidine rings is 1. The van der Waals surface area contributed by atoms with Crippen molar-refractivity contribution in [1.29, 1.82) is 0 Å². The fourth-order valence-corrected chi connectivity index (χ4v) is 3.76. The van der Waals surface area contributed by atoms with Crippen LogP contribution < -0.4 is 0 Å². The molecule has 1 aromatic heterocycles. The minimum atomic E-state index is -0.143. The molecule has 0 bridgehead atoms. The van der Waals surface area contributed by atoms with Gasteiger partial charge in [-0.05, 0) is 46.1 Å². The molecule has 2 fully saturated rings. The van der Waals surface area contributed by atoms with Gasteiger partial charge in [-0.15, -0.1) is 0 Å². The molecule has 2 aliphatic rings. The molecule has 3 heterocycles. The van der Waals surface area contributed by atoms with E-state index in [0.29, 0.717) is 24.6 Å². The maximum atomic E-state index is 12.6. The third-order valence-corrected chi connectivity index (χ3v) is 5.04. The lowest BCUT2D eigenvalue weighted by molar-refractivity contribution is -0.210. The summed E-state index contributed by atoms with van der Waals surface area (Å²) in [5.41, 5.74) is 0.225. The number of aromatic nitrogens is 1. The van der Waals surface area contributed by atoms with Crippen LogP contribution in [0.5, 0.6) is 5.75 Å². The van der Waals surface area contributed by atoms with Crippen LogP contribution in [0.15, 0.2) is 18.5 Å². The number of nitrogens with zero attached hydrogens (tertiary/aromatic N) is 2. The number of ether oxygens (including phenoxy) is 1. The summed E-state index contributed by atoms with van der Waals surface area (Å²) >= 11 is 0. The zero-order valence-corrected chi connectivity index (χ0v) is 13.5. The number of rotatable bonds is 1. The molecule has 2 aliphatic heterocycles. The first-order valence-electron chi connectivity index (χ1n) is 7.93. The van der Waals surface area contributed by atoms with Crippen LogP contribution in [0.4, 0.5) is 0 Å². The molecular weight excluding hydrogens is 280 g/mol. The van der Waals surface area contributed by atoms with Crippen molar-refractivity contribution in [3.63, 3.8) is 0 Å². The number of carbonyl (C=O) groups excluding carboxylic acids is 1. The number of pyridine rings is 1. The van der Waals surface area contributed by atoms with E-state index in [2.05, 4.69) is 25.8 Å². The van der Waals surface area contributed by atoms with E-state index in [9.17, 15) is 9.90 Å². The second-order valence-electron chi connectivity index (χ2n) is 7.34. The lowest BCUT2D eigenvalue weighted by Gasteiger charge is -2.53. The van der Waals surface area contributed by atoms with Crippen molar-refractivity contribution in [3.8, 4) is 5.75 Å². The number of likely N-dealkylation sites (tertiary alicyclic amines) is 1. The first-order valence-corrected chi connectivity index (χ1v) is 7.93. The van der Waals surface area contributed by atoms with Gasteiger partial charge < -0.3 is 14.7 Å². The Balaban J connectivity index is 1.74. The lowest BCUT2D eigenvalue weighted by atomic mass is 9.74. The van der Waals surface area contributed by atoms with Gasteiger partial charge in [0.1, 0.15) is 5.75 Å². The van der Waals surface area contributed by atoms with Gasteiger partial charge in [0.15, 0.2) is 0 Å². The number of hydrogen-bond acceptors (Lipinski definition) is 4. The van der Waals surface area contributed by atoms with Crippen LogP contribution in [0.2, 0.25) is 0 Å². The molecule has 0 saturated carbocycles. The monoisotopic (exact) mass is 304 g/mol. The Morgan fingerprint density at radius 2 is 2.14 bits per heavy atom. The maximum Gasteiger partial charge on any atom is 0.255 e. The molecule has 0 aliphatic carbocycles. The van der Waals surface area contributed by atoms with Crippen LogP contribution in [0.25, 0.3) is 0 Å². The highest BCUT2D eigenvalue weighted by Gasteiger charge is 2.48. The van der Waals surface area contributed by atoms with E-state index in [1.165, 1.54) is 18.5 Å². The number of carbonyl (C=O) groups is 1. The molecule has 120 valence electrons. The molecule has 3 rings (SSSR count). The first-order chi connectivity index (χ1) is 10.3. The van der Waals surface area contributed by atoms with E-state index < -0.39 is 0 Å². The second-order valence-corrected chi connectivity index (χ2v) is 7.34. The van der Waals surface area contributed by atoms with E-state index >= 15 is 0 Å². The third-order valence-electron chi connectivity index (χ3n) is 5.04. The van der Waals surface area contributed by atoms with E-state index in [0.717, 1.165) is 19.3 Å². The van der Waals surface area contributed by atoms with E-state index in [-0.39, 0.29) is 22.9 Å². The average molecular weight is 304 g/mol. The van der Waals surface area contributed by atoms with Gasteiger partial charge in [-0.2, -0.15) is 0 Å². The van der Waals surface area contributed by atoms with Crippen molar-refractivity contribution in [2.45, 2.75) is 51.2 Å². The average Bonchev–Trinajstić information content (AvgIpc) is 2.44. The second kappa shape index (κ2) is 5.23. The topological polar surface area (TPSA) is 62.7 Å². The zero-order valence-electron chi connectivity index (χ0n) is 13.5. The predicted octanol–water partition coefficient (Wildman–Crippen LogP) is 2.60. The van der Waals surface area contributed by atoms with E-state index in [4.69, 9.17) is 4.74 Å². The molecule has 22 heavy (non-hydrogen) atoms. The Bertz CT molecular complexity index is 587. The van der Waals surface area contributed by atoms with Gasteiger partial charge in [-0.1, -0.05) is 0 Å². The third kappa shape index (κ3) is 2.82. The molecule has 0 radical (unpaired) electrons. The largest absolute Gasteiger partial charge is 0.506 e. The quantitative estimate of drug-likeness (QED) is 0.866. The molecule has 0 aromatic carbocycles. The zero-order chi connectivity index (χ0) is 16.0. The number of hydrogen-bond donors (Lipinski definition) is 1. The van der Waals surface area contributed by atoms with Gasteiger partial charge in [0.25, 0.3) is 5.91 Å². The van der Waals surface area contributed by atoms with Crippen LogP contribution in [-0.4, -0.2) is 45.2 Å². The molecule has 0 unspecified atom stereocenters. The summed E-state index contributed by atoms with van der Waals surface area (Å²) < 4.78 is 6.33. The molecule has 1 aromatic rings. The highest BCUT2D eigenvalue weighted by molar-refractivity contribution is 5.94. The van der Waals surface area contributed by atoms with Gasteiger partial charge in [0.2, 0.25) is 0 Å². The Hall–Kier alpha value is -1.62. The summed E-state index contributed by atoms with van der Waals surface area (Å²) in [5, 5.41) is 9.49. The maximum absolute atomic E-state index is 12.6. The summed E-state index contributed by atoms with van der Waals surface area (Å²) in [6.07, 6.45) is 5.78. The molecule has 0 spiro atoms. The standard InChI is InChI=1S/C17H24N2O3/c1-16(2)5-4-13-11-19(7-6-17(13,3)22-16)15(21)12-8-14(20)10-18-9-12/h8-10,13,20H,4-7,11H2,1-3H3/t13-,17+/m0/s1. The van der Waals surface area contributed by atoms with Crippen LogP contribution in [0.1, 0.15) is 50.4 Å². The highest BCUT2D eigenvalue weighted by Crippen LogP contribution is 2.44. The SMILES string of the molecule is CC1(C)CC[C@H]2CN(C(=O)c3cncc(O)c3)CC[C@@]2(C)O1. The fraction of sp³-hybridized carbons (Fsp3) is 0.647. The Morgan fingerprint density at radius 3 is 2.86 bits per heavy atom. The van der Waals surface area contributed by atoms with Gasteiger partial charge in [-0.3, -0.25) is 9.78 Å². The molecule has 2 atom stereocenters. The van der Waals surface area contributed by atoms with Crippen molar-refractivity contribution < 1.29 is 14.6 Å². The molecule has 5 nitrogen and oxygen atoms in total. The molecule has 5 heteroatoms. The minimum absolute atomic E-state index is 0.0236. The molecule has 2 saturated heterocycles. The first kappa shape index (κ1) is 15.3. The van der Waals surface area contributed by atoms with Crippen molar-refractivity contribution in [3.05, 3.63) is 24.0 Å². The summed E-state index contributed by atoms with van der Waals surface area (Å²) in [6.45, 7) is 7.85. The molecule has 1 N–H and O–H groups in total. The van der Waals surface area contributed by atoms with Crippen LogP contribution in [-0.2, 0) is 4.74 Å². The Morgan fingerprint density at radius 1 is 1.36 bits per heavy atom. The number of amides is 1. The van der Waals surface area contributed by atoms with Crippen LogP contribution in [0.3, 0.4) is 0 Å². The smallest absolute Gasteiger partial charge is 0.255 e.